The van der Waals surface area contributed by atoms with Gasteiger partial charge in [-0.25, -0.2) is 20.4 Å². The van der Waals surface area contributed by atoms with Crippen LogP contribution in [0.3, 0.4) is 0 Å². The zero-order valence-corrected chi connectivity index (χ0v) is 16.2. The molecule has 0 unspecified atom stereocenters. The smallest absolute Gasteiger partial charge is 0.425 e. The van der Waals surface area contributed by atoms with Gasteiger partial charge in [0.2, 0.25) is 0 Å². The van der Waals surface area contributed by atoms with Crippen molar-refractivity contribution in [2.24, 2.45) is 5.84 Å². The molecule has 1 atom stereocenters. The van der Waals surface area contributed by atoms with Crippen molar-refractivity contribution in [3.8, 4) is 0 Å². The van der Waals surface area contributed by atoms with E-state index >= 15 is 0 Å². The molecule has 1 aromatic rings. The highest BCUT2D eigenvalue weighted by atomic mass is 35.5. The summed E-state index contributed by atoms with van der Waals surface area (Å²) in [5, 5.41) is 0.840. The average Bonchev–Trinajstić information content (AvgIpc) is 2.52. The molecular formula is C18H29ClN2O4. The summed E-state index contributed by atoms with van der Waals surface area (Å²) in [5.74, 6) is 5.33. The van der Waals surface area contributed by atoms with E-state index in [1.165, 1.54) is 0 Å². The Labute approximate surface area is 156 Å². The van der Waals surface area contributed by atoms with E-state index in [0.717, 1.165) is 23.4 Å². The number of halogens is 1. The number of nitrogens with zero attached hydrogens (tertiary/aromatic N) is 1. The van der Waals surface area contributed by atoms with Crippen LogP contribution in [0.25, 0.3) is 0 Å². The van der Waals surface area contributed by atoms with Gasteiger partial charge < -0.3 is 9.47 Å². The van der Waals surface area contributed by atoms with Crippen molar-refractivity contribution in [2.45, 2.75) is 65.2 Å². The molecule has 0 radical (unpaired) electrons. The standard InChI is InChI=1S/C18H28N2O4.ClH/c1-5-6-12-15(16(21)24-18(2,3)4)20(19)17(22)23-13-14-10-8-7-9-11-14;/h7-11,15H,5-6,12-13,19H2,1-4H3;1H/t15-;/m0./s1. The van der Waals surface area contributed by atoms with Gasteiger partial charge in [-0.2, -0.15) is 0 Å². The third-order valence-electron chi connectivity index (χ3n) is 3.26. The summed E-state index contributed by atoms with van der Waals surface area (Å²) in [6.45, 7) is 7.42. The number of benzene rings is 1. The molecular weight excluding hydrogens is 344 g/mol. The van der Waals surface area contributed by atoms with Crippen LogP contribution >= 0.6 is 12.4 Å². The molecule has 0 aliphatic heterocycles. The van der Waals surface area contributed by atoms with Crippen molar-refractivity contribution in [1.29, 1.82) is 0 Å². The first-order chi connectivity index (χ1) is 11.2. The molecule has 2 N–H and O–H groups in total. The first-order valence-electron chi connectivity index (χ1n) is 8.22. The Balaban J connectivity index is 0.00000576. The molecule has 0 bridgehead atoms. The summed E-state index contributed by atoms with van der Waals surface area (Å²) in [4.78, 5) is 24.5. The summed E-state index contributed by atoms with van der Waals surface area (Å²) in [6.07, 6.45) is 1.32. The monoisotopic (exact) mass is 372 g/mol. The number of esters is 1. The second-order valence-electron chi connectivity index (χ2n) is 6.64. The summed E-state index contributed by atoms with van der Waals surface area (Å²) < 4.78 is 10.5. The maximum Gasteiger partial charge on any atom is 0.425 e. The Morgan fingerprint density at radius 1 is 1.20 bits per heavy atom. The molecule has 0 aliphatic rings. The van der Waals surface area contributed by atoms with Gasteiger partial charge in [0, 0.05) is 0 Å². The third-order valence-corrected chi connectivity index (χ3v) is 3.26. The highest BCUT2D eigenvalue weighted by Crippen LogP contribution is 2.15. The summed E-state index contributed by atoms with van der Waals surface area (Å²) in [5.41, 5.74) is 0.206. The van der Waals surface area contributed by atoms with Gasteiger partial charge >= 0.3 is 12.1 Å². The minimum absolute atomic E-state index is 0. The zero-order chi connectivity index (χ0) is 18.2. The Morgan fingerprint density at radius 3 is 2.32 bits per heavy atom. The Morgan fingerprint density at radius 2 is 1.80 bits per heavy atom. The number of hydrazine groups is 1. The van der Waals surface area contributed by atoms with E-state index in [9.17, 15) is 9.59 Å². The number of rotatable bonds is 7. The lowest BCUT2D eigenvalue weighted by atomic mass is 10.1. The van der Waals surface area contributed by atoms with E-state index in [4.69, 9.17) is 15.3 Å². The lowest BCUT2D eigenvalue weighted by Crippen LogP contribution is -2.51. The van der Waals surface area contributed by atoms with E-state index in [-0.39, 0.29) is 19.0 Å². The molecule has 0 heterocycles. The van der Waals surface area contributed by atoms with Crippen molar-refractivity contribution in [3.05, 3.63) is 35.9 Å². The second-order valence-corrected chi connectivity index (χ2v) is 6.64. The molecule has 6 nitrogen and oxygen atoms in total. The number of carbonyl (C=O) groups excluding carboxylic acids is 2. The molecule has 0 fully saturated rings. The molecule has 7 heteroatoms. The number of hydrogen-bond donors (Lipinski definition) is 1. The van der Waals surface area contributed by atoms with Crippen molar-refractivity contribution in [2.75, 3.05) is 0 Å². The molecule has 0 saturated carbocycles. The van der Waals surface area contributed by atoms with Gasteiger partial charge in [0.05, 0.1) is 0 Å². The zero-order valence-electron chi connectivity index (χ0n) is 15.4. The first-order valence-corrected chi connectivity index (χ1v) is 8.22. The van der Waals surface area contributed by atoms with Crippen LogP contribution in [0.1, 0.15) is 52.5 Å². The highest BCUT2D eigenvalue weighted by molar-refractivity contribution is 5.85. The van der Waals surface area contributed by atoms with E-state index in [1.807, 2.05) is 37.3 Å². The summed E-state index contributed by atoms with van der Waals surface area (Å²) >= 11 is 0. The summed E-state index contributed by atoms with van der Waals surface area (Å²) in [7, 11) is 0. The highest BCUT2D eigenvalue weighted by Gasteiger charge is 2.32. The Kier molecular flexibility index (Phi) is 10.2. The number of nitrogens with two attached hydrogens (primary N) is 1. The molecule has 1 rings (SSSR count). The number of hydrogen-bond acceptors (Lipinski definition) is 5. The molecule has 1 aromatic carbocycles. The minimum atomic E-state index is -0.854. The maximum absolute atomic E-state index is 12.3. The van der Waals surface area contributed by atoms with Gasteiger partial charge in [-0.3, -0.25) is 0 Å². The van der Waals surface area contributed by atoms with Crippen LogP contribution in [-0.2, 0) is 20.9 Å². The third kappa shape index (κ3) is 8.74. The van der Waals surface area contributed by atoms with Crippen LogP contribution in [0.4, 0.5) is 4.79 Å². The van der Waals surface area contributed by atoms with Gasteiger partial charge in [0.15, 0.2) is 0 Å². The minimum Gasteiger partial charge on any atom is -0.458 e. The predicted molar refractivity (Wildman–Crippen MR) is 99.1 cm³/mol. The second kappa shape index (κ2) is 10.9. The lowest BCUT2D eigenvalue weighted by molar-refractivity contribution is -0.161. The Bertz CT molecular complexity index is 532. The lowest BCUT2D eigenvalue weighted by Gasteiger charge is -2.28. The van der Waals surface area contributed by atoms with Crippen LogP contribution in [0.5, 0.6) is 0 Å². The quantitative estimate of drug-likeness (QED) is 0.340. The SMILES string of the molecule is CCCC[C@@H](C(=O)OC(C)(C)C)N(N)C(=O)OCc1ccccc1.Cl. The van der Waals surface area contributed by atoms with E-state index in [1.54, 1.807) is 20.8 Å². The number of amides is 1. The molecule has 0 saturated heterocycles. The largest absolute Gasteiger partial charge is 0.458 e. The maximum atomic E-state index is 12.3. The van der Waals surface area contributed by atoms with Crippen molar-refractivity contribution in [3.63, 3.8) is 0 Å². The van der Waals surface area contributed by atoms with Gasteiger partial charge in [-0.05, 0) is 32.8 Å². The first kappa shape index (κ1) is 23.2. The Hall–Kier alpha value is -1.79. The number of unbranched alkanes of at least 4 members (excludes halogenated alkanes) is 1. The van der Waals surface area contributed by atoms with Gasteiger partial charge in [0.1, 0.15) is 18.2 Å². The number of ether oxygens (including phenoxy) is 2. The molecule has 142 valence electrons. The van der Waals surface area contributed by atoms with E-state index in [2.05, 4.69) is 0 Å². The topological polar surface area (TPSA) is 81.9 Å². The van der Waals surface area contributed by atoms with Crippen LogP contribution < -0.4 is 5.84 Å². The average molecular weight is 373 g/mol. The predicted octanol–water partition coefficient (Wildman–Crippen LogP) is 3.82. The van der Waals surface area contributed by atoms with Crippen molar-refractivity contribution >= 4 is 24.5 Å². The van der Waals surface area contributed by atoms with Crippen LogP contribution in [-0.4, -0.2) is 28.7 Å². The van der Waals surface area contributed by atoms with E-state index < -0.39 is 23.7 Å². The van der Waals surface area contributed by atoms with Crippen LogP contribution in [0.2, 0.25) is 0 Å². The summed E-state index contributed by atoms with van der Waals surface area (Å²) in [6, 6.07) is 8.42. The fraction of sp³-hybridized carbons (Fsp3) is 0.556. The number of carbonyl (C=O) groups is 2. The fourth-order valence-electron chi connectivity index (χ4n) is 2.06. The van der Waals surface area contributed by atoms with E-state index in [0.29, 0.717) is 6.42 Å². The molecule has 0 spiro atoms. The van der Waals surface area contributed by atoms with Crippen LogP contribution in [0.15, 0.2) is 30.3 Å². The van der Waals surface area contributed by atoms with Crippen LogP contribution in [0, 0.1) is 0 Å². The molecule has 0 aliphatic carbocycles. The van der Waals surface area contributed by atoms with Gasteiger partial charge in [0.25, 0.3) is 0 Å². The van der Waals surface area contributed by atoms with Crippen molar-refractivity contribution < 1.29 is 19.1 Å². The normalized spacial score (nSPS) is 11.9. The molecule has 1 amide bonds. The molecule has 0 aromatic heterocycles. The van der Waals surface area contributed by atoms with Gasteiger partial charge in [-0.15, -0.1) is 12.4 Å². The molecule has 25 heavy (non-hydrogen) atoms. The fourth-order valence-corrected chi connectivity index (χ4v) is 2.06. The van der Waals surface area contributed by atoms with Crippen molar-refractivity contribution in [1.82, 2.24) is 5.01 Å². The van der Waals surface area contributed by atoms with Gasteiger partial charge in [-0.1, -0.05) is 50.1 Å².